The number of carbonyl (C=O) groups is 1. The molecule has 2 aliphatic heterocycles. The lowest BCUT2D eigenvalue weighted by Crippen LogP contribution is -2.29. The molecule has 0 spiro atoms. The summed E-state index contributed by atoms with van der Waals surface area (Å²) in [6.45, 7) is 1.77. The third-order valence-corrected chi connectivity index (χ3v) is 8.59. The van der Waals surface area contributed by atoms with Gasteiger partial charge in [0.15, 0.2) is 0 Å². The standard InChI is InChI=1S/C21H28N2O2S2/c24-19(10-2-1-7-16-11-14-26-27-16)25-18-9-4-6-15-5-3-8-17(20(15)18)21-22-12-13-23-21/h4,6,9,16-17H,1-3,5,7-8,10-14H2,(H,22,23). The number of hydrogen-bond donors (Lipinski definition) is 1. The molecule has 0 radical (unpaired) electrons. The van der Waals surface area contributed by atoms with Gasteiger partial charge in [-0.15, -0.1) is 0 Å². The highest BCUT2D eigenvalue weighted by Crippen LogP contribution is 2.40. The largest absolute Gasteiger partial charge is 0.426 e. The van der Waals surface area contributed by atoms with E-state index in [1.165, 1.54) is 29.7 Å². The molecule has 0 aromatic heterocycles. The van der Waals surface area contributed by atoms with Crippen molar-refractivity contribution in [1.29, 1.82) is 0 Å². The van der Waals surface area contributed by atoms with Gasteiger partial charge < -0.3 is 10.1 Å². The summed E-state index contributed by atoms with van der Waals surface area (Å²) < 4.78 is 5.84. The highest BCUT2D eigenvalue weighted by molar-refractivity contribution is 8.77. The molecule has 1 aromatic rings. The molecule has 0 amide bonds. The summed E-state index contributed by atoms with van der Waals surface area (Å²) in [6.07, 6.45) is 8.38. The number of ether oxygens (including phenoxy) is 1. The van der Waals surface area contributed by atoms with Crippen LogP contribution in [0.1, 0.15) is 62.0 Å². The monoisotopic (exact) mass is 404 g/mol. The molecule has 4 rings (SSSR count). The number of nitrogens with zero attached hydrogens (tertiary/aromatic N) is 1. The van der Waals surface area contributed by atoms with Gasteiger partial charge >= 0.3 is 5.97 Å². The number of fused-ring (bicyclic) bond motifs is 1. The van der Waals surface area contributed by atoms with E-state index in [0.29, 0.717) is 6.42 Å². The molecule has 27 heavy (non-hydrogen) atoms. The number of amidine groups is 1. The number of nitrogens with one attached hydrogen (secondary N) is 1. The van der Waals surface area contributed by atoms with E-state index in [-0.39, 0.29) is 11.9 Å². The van der Waals surface area contributed by atoms with E-state index in [0.717, 1.165) is 62.0 Å². The van der Waals surface area contributed by atoms with Gasteiger partial charge in [0, 0.05) is 35.4 Å². The predicted molar refractivity (Wildman–Crippen MR) is 115 cm³/mol. The van der Waals surface area contributed by atoms with Crippen molar-refractivity contribution < 1.29 is 9.53 Å². The molecule has 1 aromatic carbocycles. The molecule has 0 saturated carbocycles. The molecular weight excluding hydrogens is 376 g/mol. The van der Waals surface area contributed by atoms with Crippen LogP contribution in [0.15, 0.2) is 23.2 Å². The minimum atomic E-state index is -0.0949. The zero-order valence-electron chi connectivity index (χ0n) is 15.7. The fraction of sp³-hybridized carbons (Fsp3) is 0.619. The van der Waals surface area contributed by atoms with Crippen molar-refractivity contribution >= 4 is 33.4 Å². The molecule has 1 N–H and O–H groups in total. The summed E-state index contributed by atoms with van der Waals surface area (Å²) in [5.41, 5.74) is 2.49. The Morgan fingerprint density at radius 2 is 2.26 bits per heavy atom. The van der Waals surface area contributed by atoms with Crippen molar-refractivity contribution in [3.05, 3.63) is 29.3 Å². The Morgan fingerprint density at radius 3 is 3.07 bits per heavy atom. The van der Waals surface area contributed by atoms with E-state index in [1.807, 2.05) is 33.7 Å². The van der Waals surface area contributed by atoms with Crippen molar-refractivity contribution in [3.8, 4) is 5.75 Å². The number of aliphatic imine (C=N–C) groups is 1. The Hall–Kier alpha value is -1.14. The van der Waals surface area contributed by atoms with E-state index in [1.54, 1.807) is 0 Å². The van der Waals surface area contributed by atoms with Crippen molar-refractivity contribution in [2.45, 2.75) is 62.5 Å². The molecule has 4 nitrogen and oxygen atoms in total. The second kappa shape index (κ2) is 9.37. The summed E-state index contributed by atoms with van der Waals surface area (Å²) in [5.74, 6) is 3.25. The maximum absolute atomic E-state index is 12.4. The molecular formula is C21H28N2O2S2. The predicted octanol–water partition coefficient (Wildman–Crippen LogP) is 4.73. The number of carbonyl (C=O) groups excluding carboxylic acids is 1. The highest BCUT2D eigenvalue weighted by Gasteiger charge is 2.29. The average Bonchev–Trinajstić information content (AvgIpc) is 3.39. The van der Waals surface area contributed by atoms with Crippen LogP contribution < -0.4 is 10.1 Å². The number of unbranched alkanes of at least 4 members (excludes halogenated alkanes) is 1. The second-order valence-electron chi connectivity index (χ2n) is 7.52. The fourth-order valence-electron chi connectivity index (χ4n) is 4.24. The van der Waals surface area contributed by atoms with Gasteiger partial charge in [-0.05, 0) is 50.2 Å². The number of aryl methyl sites for hydroxylation is 1. The van der Waals surface area contributed by atoms with E-state index >= 15 is 0 Å². The van der Waals surface area contributed by atoms with Crippen LogP contribution in [0.5, 0.6) is 5.75 Å². The Balaban J connectivity index is 1.36. The van der Waals surface area contributed by atoms with Gasteiger partial charge in [-0.1, -0.05) is 40.1 Å². The second-order valence-corrected chi connectivity index (χ2v) is 10.3. The zero-order valence-corrected chi connectivity index (χ0v) is 17.4. The van der Waals surface area contributed by atoms with E-state index < -0.39 is 0 Å². The Morgan fingerprint density at radius 1 is 1.30 bits per heavy atom. The summed E-state index contributed by atoms with van der Waals surface area (Å²) in [4.78, 5) is 17.1. The topological polar surface area (TPSA) is 50.7 Å². The van der Waals surface area contributed by atoms with Crippen molar-refractivity contribution in [2.75, 3.05) is 18.8 Å². The summed E-state index contributed by atoms with van der Waals surface area (Å²) in [6, 6.07) is 6.14. The quantitative estimate of drug-likeness (QED) is 0.308. The van der Waals surface area contributed by atoms with Gasteiger partial charge in [0.1, 0.15) is 11.6 Å². The lowest BCUT2D eigenvalue weighted by atomic mass is 9.81. The first-order valence-corrected chi connectivity index (χ1v) is 12.6. The van der Waals surface area contributed by atoms with Crippen LogP contribution >= 0.6 is 21.6 Å². The van der Waals surface area contributed by atoms with Gasteiger partial charge in [-0.25, -0.2) is 0 Å². The van der Waals surface area contributed by atoms with Crippen LogP contribution in [0.25, 0.3) is 0 Å². The highest BCUT2D eigenvalue weighted by atomic mass is 33.1. The third kappa shape index (κ3) is 4.83. The first-order valence-electron chi connectivity index (χ1n) is 10.2. The lowest BCUT2D eigenvalue weighted by Gasteiger charge is -2.27. The number of rotatable bonds is 7. The smallest absolute Gasteiger partial charge is 0.311 e. The molecule has 1 aliphatic carbocycles. The zero-order chi connectivity index (χ0) is 18.5. The van der Waals surface area contributed by atoms with Gasteiger partial charge in [0.05, 0.1) is 6.54 Å². The average molecular weight is 405 g/mol. The molecule has 2 unspecified atom stereocenters. The van der Waals surface area contributed by atoms with Crippen LogP contribution in [0, 0.1) is 0 Å². The maximum atomic E-state index is 12.4. The fourth-order valence-corrected chi connectivity index (χ4v) is 7.26. The normalized spacial score (nSPS) is 24.2. The Bertz CT molecular complexity index is 701. The molecule has 146 valence electrons. The molecule has 6 heteroatoms. The molecule has 2 atom stereocenters. The third-order valence-electron chi connectivity index (χ3n) is 5.58. The van der Waals surface area contributed by atoms with E-state index in [2.05, 4.69) is 16.4 Å². The van der Waals surface area contributed by atoms with E-state index in [4.69, 9.17) is 4.74 Å². The first kappa shape index (κ1) is 19.2. The minimum Gasteiger partial charge on any atom is -0.426 e. The van der Waals surface area contributed by atoms with Crippen molar-refractivity contribution in [3.63, 3.8) is 0 Å². The number of benzene rings is 1. The van der Waals surface area contributed by atoms with Crippen molar-refractivity contribution in [1.82, 2.24) is 5.32 Å². The summed E-state index contributed by atoms with van der Waals surface area (Å²) >= 11 is 0. The lowest BCUT2D eigenvalue weighted by molar-refractivity contribution is -0.134. The molecule has 0 bridgehead atoms. The SMILES string of the molecule is O=C(CCCCC1CCSS1)Oc1cccc2c1C(C1=NCCN1)CCC2. The van der Waals surface area contributed by atoms with E-state index in [9.17, 15) is 4.79 Å². The van der Waals surface area contributed by atoms with Crippen LogP contribution in [0.3, 0.4) is 0 Å². The molecule has 1 saturated heterocycles. The van der Waals surface area contributed by atoms with Crippen LogP contribution in [-0.2, 0) is 11.2 Å². The maximum Gasteiger partial charge on any atom is 0.311 e. The first-order chi connectivity index (χ1) is 13.3. The van der Waals surface area contributed by atoms with Crippen LogP contribution in [0.2, 0.25) is 0 Å². The molecule has 1 fully saturated rings. The Kier molecular flexibility index (Phi) is 6.66. The van der Waals surface area contributed by atoms with Crippen molar-refractivity contribution in [2.24, 2.45) is 4.99 Å². The minimum absolute atomic E-state index is 0.0949. The van der Waals surface area contributed by atoms with Gasteiger partial charge in [-0.2, -0.15) is 0 Å². The molecule has 3 aliphatic rings. The molecule has 2 heterocycles. The summed E-state index contributed by atoms with van der Waals surface area (Å²) in [7, 11) is 4.00. The number of hydrogen-bond acceptors (Lipinski definition) is 6. The van der Waals surface area contributed by atoms with Gasteiger partial charge in [0.25, 0.3) is 0 Å². The Labute approximate surface area is 169 Å². The van der Waals surface area contributed by atoms with Crippen LogP contribution in [-0.4, -0.2) is 35.9 Å². The van der Waals surface area contributed by atoms with Gasteiger partial charge in [-0.3, -0.25) is 9.79 Å². The number of esters is 1. The van der Waals surface area contributed by atoms with Crippen LogP contribution in [0.4, 0.5) is 0 Å². The van der Waals surface area contributed by atoms with Gasteiger partial charge in [0.2, 0.25) is 0 Å². The summed E-state index contributed by atoms with van der Waals surface area (Å²) in [5, 5.41) is 4.21.